The highest BCUT2D eigenvalue weighted by molar-refractivity contribution is 7.17. The Morgan fingerprint density at radius 1 is 1.21 bits per heavy atom. The van der Waals surface area contributed by atoms with Gasteiger partial charge in [0.25, 0.3) is 5.91 Å². The van der Waals surface area contributed by atoms with E-state index in [1.54, 1.807) is 30.6 Å². The summed E-state index contributed by atoms with van der Waals surface area (Å²) in [6, 6.07) is 10.5. The van der Waals surface area contributed by atoms with Crippen molar-refractivity contribution in [2.75, 3.05) is 18.4 Å². The maximum atomic E-state index is 15.1. The van der Waals surface area contributed by atoms with Gasteiger partial charge in [0.1, 0.15) is 11.3 Å². The van der Waals surface area contributed by atoms with Crippen molar-refractivity contribution in [3.8, 4) is 10.4 Å². The summed E-state index contributed by atoms with van der Waals surface area (Å²) >= 11 is 1.37. The van der Waals surface area contributed by atoms with E-state index in [0.717, 1.165) is 40.6 Å². The zero-order valence-electron chi connectivity index (χ0n) is 21.0. The molecule has 1 aliphatic heterocycles. The summed E-state index contributed by atoms with van der Waals surface area (Å²) in [7, 11) is 0. The van der Waals surface area contributed by atoms with Crippen LogP contribution in [0.1, 0.15) is 35.0 Å². The number of carbonyl (C=O) groups excluding carboxylic acids is 2. The van der Waals surface area contributed by atoms with Crippen molar-refractivity contribution >= 4 is 51.0 Å². The Bertz CT molecular complexity index is 1780. The Labute approximate surface area is 227 Å². The first-order valence-corrected chi connectivity index (χ1v) is 13.7. The van der Waals surface area contributed by atoms with Crippen molar-refractivity contribution in [2.24, 2.45) is 5.41 Å². The SMILES string of the molecule is C=CC(=O)N1CCC2(CC(n3c(NC(=O)c4ccc(-c5cncc6[nH]ccc56)s4)nc4cccc(F)c43)C2)C1. The number of anilines is 1. The van der Waals surface area contributed by atoms with Gasteiger partial charge in [-0.2, -0.15) is 0 Å². The molecule has 0 atom stereocenters. The number of H-pyrrole nitrogens is 1. The van der Waals surface area contributed by atoms with Gasteiger partial charge in [-0.25, -0.2) is 9.37 Å². The van der Waals surface area contributed by atoms with Crippen LogP contribution < -0.4 is 5.32 Å². The Hall–Kier alpha value is -4.31. The van der Waals surface area contributed by atoms with Crippen molar-refractivity contribution < 1.29 is 14.0 Å². The van der Waals surface area contributed by atoms with Crippen LogP contribution in [0, 0.1) is 11.2 Å². The van der Waals surface area contributed by atoms with Gasteiger partial charge in [0.15, 0.2) is 0 Å². The van der Waals surface area contributed by atoms with Crippen molar-refractivity contribution in [3.63, 3.8) is 0 Å². The van der Waals surface area contributed by atoms with Crippen molar-refractivity contribution in [3.05, 3.63) is 78.3 Å². The first-order chi connectivity index (χ1) is 18.9. The summed E-state index contributed by atoms with van der Waals surface area (Å²) in [5, 5.41) is 4.00. The van der Waals surface area contributed by atoms with E-state index in [2.05, 4.69) is 26.8 Å². The smallest absolute Gasteiger partial charge is 0.268 e. The third-order valence-electron chi connectivity index (χ3n) is 8.08. The number of hydrogen-bond donors (Lipinski definition) is 2. The number of fused-ring (bicyclic) bond motifs is 2. The van der Waals surface area contributed by atoms with E-state index in [1.807, 2.05) is 27.8 Å². The number of nitrogens with one attached hydrogen (secondary N) is 2. The number of aromatic amines is 1. The van der Waals surface area contributed by atoms with Crippen molar-refractivity contribution in [2.45, 2.75) is 25.3 Å². The molecule has 4 aromatic heterocycles. The van der Waals surface area contributed by atoms with Gasteiger partial charge in [0.2, 0.25) is 11.9 Å². The summed E-state index contributed by atoms with van der Waals surface area (Å²) < 4.78 is 16.9. The minimum Gasteiger partial charge on any atom is -0.360 e. The van der Waals surface area contributed by atoms with Crippen molar-refractivity contribution in [1.82, 2.24) is 24.4 Å². The molecular formula is C29H25FN6O2S. The number of pyridine rings is 1. The fourth-order valence-corrected chi connectivity index (χ4v) is 7.13. The second-order valence-electron chi connectivity index (χ2n) is 10.4. The molecule has 1 aliphatic carbocycles. The number of amides is 2. The lowest BCUT2D eigenvalue weighted by Crippen LogP contribution is -2.42. The maximum absolute atomic E-state index is 15.1. The number of nitrogens with zero attached hydrogens (tertiary/aromatic N) is 4. The predicted octanol–water partition coefficient (Wildman–Crippen LogP) is 5.77. The lowest BCUT2D eigenvalue weighted by atomic mass is 9.64. The highest BCUT2D eigenvalue weighted by Crippen LogP contribution is 2.55. The predicted molar refractivity (Wildman–Crippen MR) is 149 cm³/mol. The van der Waals surface area contributed by atoms with Crippen LogP contribution in [0.25, 0.3) is 32.4 Å². The lowest BCUT2D eigenvalue weighted by molar-refractivity contribution is -0.125. The van der Waals surface area contributed by atoms with Crippen LogP contribution in [0.4, 0.5) is 10.3 Å². The van der Waals surface area contributed by atoms with E-state index >= 15 is 4.39 Å². The lowest BCUT2D eigenvalue weighted by Gasteiger charge is -2.46. The number of thiophene rings is 1. The van der Waals surface area contributed by atoms with E-state index in [4.69, 9.17) is 0 Å². The molecular weight excluding hydrogens is 515 g/mol. The van der Waals surface area contributed by atoms with Gasteiger partial charge in [-0.3, -0.25) is 19.9 Å². The quantitative estimate of drug-likeness (QED) is 0.277. The molecule has 7 rings (SSSR count). The van der Waals surface area contributed by atoms with Crippen LogP contribution in [0.15, 0.2) is 67.6 Å². The number of para-hydroxylation sites is 1. The normalized spacial score (nSPS) is 20.5. The summed E-state index contributed by atoms with van der Waals surface area (Å²) in [4.78, 5) is 40.9. The molecule has 5 heterocycles. The number of rotatable bonds is 5. The van der Waals surface area contributed by atoms with E-state index in [1.165, 1.54) is 23.5 Å². The standard InChI is InChI=1S/C29H25FN6O2S/c1-2-25(37)35-11-9-29(16-35)12-17(13-29)36-26-20(30)4-3-5-21(26)33-28(36)34-27(38)24-7-6-23(39-24)19-14-31-15-22-18(19)8-10-32-22/h2-8,10,14-15,17,32H,1,9,11-13,16H2,(H,33,34,38). The van der Waals surface area contributed by atoms with E-state index < -0.39 is 0 Å². The first-order valence-electron chi connectivity index (χ1n) is 12.9. The Balaban J connectivity index is 1.17. The van der Waals surface area contributed by atoms with Gasteiger partial charge in [-0.1, -0.05) is 12.6 Å². The minimum atomic E-state index is -0.373. The molecule has 5 aromatic rings. The Morgan fingerprint density at radius 3 is 2.92 bits per heavy atom. The zero-order valence-corrected chi connectivity index (χ0v) is 21.8. The van der Waals surface area contributed by atoms with Gasteiger partial charge in [0, 0.05) is 47.4 Å². The van der Waals surface area contributed by atoms with Gasteiger partial charge >= 0.3 is 0 Å². The molecule has 1 saturated heterocycles. The molecule has 0 bridgehead atoms. The average molecular weight is 541 g/mol. The number of benzene rings is 1. The van der Waals surface area contributed by atoms with Gasteiger partial charge < -0.3 is 14.5 Å². The fourth-order valence-electron chi connectivity index (χ4n) is 6.20. The molecule has 2 N–H and O–H groups in total. The summed E-state index contributed by atoms with van der Waals surface area (Å²) in [5.74, 6) is -0.389. The highest BCUT2D eigenvalue weighted by atomic mass is 32.1. The van der Waals surface area contributed by atoms with Crippen LogP contribution in [0.5, 0.6) is 0 Å². The summed E-state index contributed by atoms with van der Waals surface area (Å²) in [6.45, 7) is 4.97. The number of aromatic nitrogens is 4. The topological polar surface area (TPSA) is 95.9 Å². The van der Waals surface area contributed by atoms with Gasteiger partial charge in [-0.15, -0.1) is 11.3 Å². The number of imidazole rings is 1. The van der Waals surface area contributed by atoms with Crippen molar-refractivity contribution in [1.29, 1.82) is 0 Å². The Morgan fingerprint density at radius 2 is 2.08 bits per heavy atom. The molecule has 0 unspecified atom stereocenters. The Kier molecular flexibility index (Phi) is 5.41. The second kappa shape index (κ2) is 8.88. The van der Waals surface area contributed by atoms with Crippen LogP contribution in [-0.4, -0.2) is 49.3 Å². The third kappa shape index (κ3) is 3.85. The monoisotopic (exact) mass is 540 g/mol. The number of hydrogen-bond acceptors (Lipinski definition) is 5. The molecule has 39 heavy (non-hydrogen) atoms. The van der Waals surface area contributed by atoms with E-state index in [9.17, 15) is 9.59 Å². The molecule has 2 fully saturated rings. The fraction of sp³-hybridized carbons (Fsp3) is 0.241. The largest absolute Gasteiger partial charge is 0.360 e. The average Bonchev–Trinajstić information content (AvgIpc) is 3.71. The number of likely N-dealkylation sites (tertiary alicyclic amines) is 1. The number of halogens is 1. The molecule has 196 valence electrons. The maximum Gasteiger partial charge on any atom is 0.268 e. The van der Waals surface area contributed by atoms with Crippen LogP contribution in [0.3, 0.4) is 0 Å². The zero-order chi connectivity index (χ0) is 26.7. The van der Waals surface area contributed by atoms with Gasteiger partial charge in [-0.05, 0) is 61.1 Å². The van der Waals surface area contributed by atoms with Crippen LogP contribution in [0.2, 0.25) is 0 Å². The molecule has 1 spiro atoms. The highest BCUT2D eigenvalue weighted by Gasteiger charge is 2.50. The minimum absolute atomic E-state index is 0.00238. The first kappa shape index (κ1) is 23.8. The molecule has 1 aromatic carbocycles. The third-order valence-corrected chi connectivity index (χ3v) is 9.20. The summed E-state index contributed by atoms with van der Waals surface area (Å²) in [6.07, 6.45) is 9.26. The van der Waals surface area contributed by atoms with Crippen LogP contribution in [-0.2, 0) is 4.79 Å². The molecule has 10 heteroatoms. The molecule has 0 radical (unpaired) electrons. The second-order valence-corrected chi connectivity index (χ2v) is 11.5. The molecule has 2 amide bonds. The van der Waals surface area contributed by atoms with Crippen LogP contribution >= 0.6 is 11.3 Å². The summed E-state index contributed by atoms with van der Waals surface area (Å²) in [5.41, 5.74) is 2.77. The van der Waals surface area contributed by atoms with E-state index in [-0.39, 0.29) is 29.1 Å². The number of carbonyl (C=O) groups is 2. The van der Waals surface area contributed by atoms with E-state index in [0.29, 0.717) is 34.9 Å². The molecule has 2 aliphatic rings. The molecule has 1 saturated carbocycles. The van der Waals surface area contributed by atoms with Gasteiger partial charge in [0.05, 0.1) is 22.1 Å². The molecule has 8 nitrogen and oxygen atoms in total.